The molecule has 0 amide bonds. The molecule has 4 rings (SSSR count). The van der Waals surface area contributed by atoms with Gasteiger partial charge in [0.25, 0.3) is 0 Å². The number of hydrogen-bond donors (Lipinski definition) is 0. The number of hydrogen-bond acceptors (Lipinski definition) is 5. The van der Waals surface area contributed by atoms with Crippen molar-refractivity contribution >= 4 is 22.5 Å². The average molecular weight is 347 g/mol. The van der Waals surface area contributed by atoms with Crippen molar-refractivity contribution in [2.24, 2.45) is 0 Å². The van der Waals surface area contributed by atoms with Crippen LogP contribution < -0.4 is 5.63 Å². The SMILES string of the molecule is O=C1CCCC[C@]1(C(=O)c1cc2ccccc2oc1=O)c1ccccn1. The van der Waals surface area contributed by atoms with Crippen LogP contribution in [0, 0.1) is 0 Å². The second-order valence-corrected chi connectivity index (χ2v) is 6.57. The number of rotatable bonds is 3. The molecule has 1 fully saturated rings. The molecule has 2 heterocycles. The van der Waals surface area contributed by atoms with Gasteiger partial charge in [-0.3, -0.25) is 14.6 Å². The third kappa shape index (κ3) is 2.47. The molecule has 0 aliphatic heterocycles. The van der Waals surface area contributed by atoms with E-state index < -0.39 is 16.8 Å². The summed E-state index contributed by atoms with van der Waals surface area (Å²) in [6.07, 6.45) is 3.70. The minimum Gasteiger partial charge on any atom is -0.422 e. The molecule has 1 saturated carbocycles. The number of carbonyl (C=O) groups excluding carboxylic acids is 2. The smallest absolute Gasteiger partial charge is 0.347 e. The molecule has 2 aromatic heterocycles. The van der Waals surface area contributed by atoms with Gasteiger partial charge in [-0.1, -0.05) is 30.7 Å². The zero-order valence-electron chi connectivity index (χ0n) is 14.1. The molecule has 1 aliphatic carbocycles. The first-order valence-electron chi connectivity index (χ1n) is 8.65. The van der Waals surface area contributed by atoms with Crippen LogP contribution in [-0.4, -0.2) is 16.6 Å². The number of carbonyl (C=O) groups is 2. The van der Waals surface area contributed by atoms with E-state index in [1.54, 1.807) is 48.7 Å². The fourth-order valence-corrected chi connectivity index (χ4v) is 3.72. The van der Waals surface area contributed by atoms with Crippen LogP contribution in [0.15, 0.2) is 63.9 Å². The van der Waals surface area contributed by atoms with E-state index in [-0.39, 0.29) is 11.3 Å². The lowest BCUT2D eigenvalue weighted by atomic mass is 9.66. The molecular formula is C21H17NO4. The van der Waals surface area contributed by atoms with Crippen LogP contribution in [0.2, 0.25) is 0 Å². The maximum Gasteiger partial charge on any atom is 0.347 e. The van der Waals surface area contributed by atoms with Crippen LogP contribution in [0.3, 0.4) is 0 Å². The molecule has 1 aliphatic rings. The highest BCUT2D eigenvalue weighted by atomic mass is 16.4. The number of Topliss-reactive ketones (excluding diaryl/α,β-unsaturated/α-hetero) is 2. The first-order chi connectivity index (χ1) is 12.6. The predicted molar refractivity (Wildman–Crippen MR) is 96.2 cm³/mol. The van der Waals surface area contributed by atoms with Gasteiger partial charge in [-0.25, -0.2) is 4.79 Å². The Balaban J connectivity index is 1.92. The lowest BCUT2D eigenvalue weighted by Crippen LogP contribution is -2.47. The Bertz CT molecular complexity index is 1050. The molecule has 0 saturated heterocycles. The van der Waals surface area contributed by atoms with Crippen LogP contribution in [-0.2, 0) is 10.2 Å². The molecule has 0 unspecified atom stereocenters. The third-order valence-electron chi connectivity index (χ3n) is 5.06. The van der Waals surface area contributed by atoms with E-state index in [2.05, 4.69) is 4.98 Å². The molecule has 0 radical (unpaired) electrons. The number of nitrogens with zero attached hydrogens (tertiary/aromatic N) is 1. The number of aromatic nitrogens is 1. The van der Waals surface area contributed by atoms with E-state index >= 15 is 0 Å². The second kappa shape index (κ2) is 6.33. The summed E-state index contributed by atoms with van der Waals surface area (Å²) in [5.41, 5.74) is -1.40. The van der Waals surface area contributed by atoms with Crippen molar-refractivity contribution in [3.8, 4) is 0 Å². The van der Waals surface area contributed by atoms with Gasteiger partial charge in [0.15, 0.2) is 11.6 Å². The molecule has 1 atom stereocenters. The monoisotopic (exact) mass is 347 g/mol. The predicted octanol–water partition coefficient (Wildman–Crippen LogP) is 3.45. The largest absolute Gasteiger partial charge is 0.422 e. The first kappa shape index (κ1) is 16.4. The van der Waals surface area contributed by atoms with Crippen molar-refractivity contribution in [1.29, 1.82) is 0 Å². The zero-order valence-corrected chi connectivity index (χ0v) is 14.1. The summed E-state index contributed by atoms with van der Waals surface area (Å²) in [5, 5.41) is 0.648. The lowest BCUT2D eigenvalue weighted by molar-refractivity contribution is -0.124. The van der Waals surface area contributed by atoms with Gasteiger partial charge in [0, 0.05) is 18.0 Å². The summed E-state index contributed by atoms with van der Waals surface area (Å²) in [4.78, 5) is 43.2. The van der Waals surface area contributed by atoms with Gasteiger partial charge < -0.3 is 4.42 Å². The Morgan fingerprint density at radius 1 is 1.04 bits per heavy atom. The van der Waals surface area contributed by atoms with Gasteiger partial charge in [0.05, 0.1) is 5.69 Å². The summed E-state index contributed by atoms with van der Waals surface area (Å²) < 4.78 is 5.31. The Hall–Kier alpha value is -3.08. The van der Waals surface area contributed by atoms with Gasteiger partial charge in [0.1, 0.15) is 16.6 Å². The van der Waals surface area contributed by atoms with Gasteiger partial charge in [-0.15, -0.1) is 0 Å². The Morgan fingerprint density at radius 3 is 2.62 bits per heavy atom. The van der Waals surface area contributed by atoms with Crippen LogP contribution in [0.5, 0.6) is 0 Å². The first-order valence-corrected chi connectivity index (χ1v) is 8.65. The summed E-state index contributed by atoms with van der Waals surface area (Å²) >= 11 is 0. The quantitative estimate of drug-likeness (QED) is 0.412. The minimum atomic E-state index is -1.41. The topological polar surface area (TPSA) is 77.2 Å². The van der Waals surface area contributed by atoms with E-state index in [0.717, 1.165) is 12.8 Å². The molecule has 26 heavy (non-hydrogen) atoms. The van der Waals surface area contributed by atoms with E-state index in [9.17, 15) is 14.4 Å². The Kier molecular flexibility index (Phi) is 3.99. The van der Waals surface area contributed by atoms with Gasteiger partial charge in [0.2, 0.25) is 0 Å². The normalized spacial score (nSPS) is 20.2. The van der Waals surface area contributed by atoms with E-state index in [1.807, 2.05) is 0 Å². The highest BCUT2D eigenvalue weighted by Crippen LogP contribution is 2.38. The number of para-hydroxylation sites is 1. The van der Waals surface area contributed by atoms with Crippen LogP contribution in [0.4, 0.5) is 0 Å². The third-order valence-corrected chi connectivity index (χ3v) is 5.06. The van der Waals surface area contributed by atoms with Gasteiger partial charge in [-0.2, -0.15) is 0 Å². The van der Waals surface area contributed by atoms with Gasteiger partial charge in [-0.05, 0) is 37.1 Å². The Labute approximate surface area is 149 Å². The maximum atomic E-state index is 13.5. The Morgan fingerprint density at radius 2 is 1.85 bits per heavy atom. The van der Waals surface area contributed by atoms with Crippen molar-refractivity contribution < 1.29 is 14.0 Å². The van der Waals surface area contributed by atoms with Crippen molar-refractivity contribution in [3.63, 3.8) is 0 Å². The number of pyridine rings is 1. The van der Waals surface area contributed by atoms with Crippen LogP contribution in [0.1, 0.15) is 41.7 Å². The van der Waals surface area contributed by atoms with E-state index in [0.29, 0.717) is 29.5 Å². The van der Waals surface area contributed by atoms with Crippen molar-refractivity contribution in [1.82, 2.24) is 4.98 Å². The molecule has 5 heteroatoms. The fourth-order valence-electron chi connectivity index (χ4n) is 3.72. The van der Waals surface area contributed by atoms with E-state index in [1.165, 1.54) is 6.07 Å². The fraction of sp³-hybridized carbons (Fsp3) is 0.238. The lowest BCUT2D eigenvalue weighted by Gasteiger charge is -2.33. The molecular weight excluding hydrogens is 330 g/mol. The minimum absolute atomic E-state index is 0.0930. The summed E-state index contributed by atoms with van der Waals surface area (Å²) in [6, 6.07) is 13.7. The molecule has 130 valence electrons. The number of benzene rings is 1. The van der Waals surface area contributed by atoms with Crippen molar-refractivity contribution in [2.45, 2.75) is 31.1 Å². The summed E-state index contributed by atoms with van der Waals surface area (Å²) in [6.45, 7) is 0. The highest BCUT2D eigenvalue weighted by molar-refractivity contribution is 6.19. The zero-order chi connectivity index (χ0) is 18.1. The molecule has 0 N–H and O–H groups in total. The van der Waals surface area contributed by atoms with E-state index in [4.69, 9.17) is 4.42 Å². The average Bonchev–Trinajstić information content (AvgIpc) is 2.68. The molecule has 0 bridgehead atoms. The summed E-state index contributed by atoms with van der Waals surface area (Å²) in [5.74, 6) is -0.694. The maximum absolute atomic E-state index is 13.5. The standard InChI is InChI=1S/C21H17NO4/c23-18-10-3-5-11-21(18,17-9-4-6-12-22-17)19(24)15-13-14-7-1-2-8-16(14)26-20(15)25/h1-2,4,6-9,12-13H,3,5,10-11H2/t21-/m0/s1. The molecule has 3 aromatic rings. The van der Waals surface area contributed by atoms with Crippen LogP contribution >= 0.6 is 0 Å². The molecule has 5 nitrogen and oxygen atoms in total. The number of fused-ring (bicyclic) bond motifs is 1. The van der Waals surface area contributed by atoms with Crippen molar-refractivity contribution in [2.75, 3.05) is 0 Å². The second-order valence-electron chi connectivity index (χ2n) is 6.57. The van der Waals surface area contributed by atoms with Crippen molar-refractivity contribution in [3.05, 3.63) is 76.4 Å². The molecule has 0 spiro atoms. The van der Waals surface area contributed by atoms with Crippen LogP contribution in [0.25, 0.3) is 11.0 Å². The molecule has 1 aromatic carbocycles. The summed E-state index contributed by atoms with van der Waals surface area (Å²) in [7, 11) is 0. The van der Waals surface area contributed by atoms with Gasteiger partial charge >= 0.3 is 5.63 Å². The number of ketones is 2. The highest BCUT2D eigenvalue weighted by Gasteiger charge is 2.50.